The number of hydrogen-bond acceptors (Lipinski definition) is 2. The number of carbonyl (C=O) groups is 1. The van der Waals surface area contributed by atoms with Crippen LogP contribution in [0.2, 0.25) is 5.02 Å². The van der Waals surface area contributed by atoms with E-state index in [9.17, 15) is 13.6 Å². The lowest BCUT2D eigenvalue weighted by atomic mass is 10.2. The number of amides is 1. The predicted octanol–water partition coefficient (Wildman–Crippen LogP) is 4.04. The first-order chi connectivity index (χ1) is 10.5. The number of hydrogen-bond donors (Lipinski definition) is 0. The Kier molecular flexibility index (Phi) is 3.83. The maximum absolute atomic E-state index is 13.2. The number of alkyl halides is 2. The van der Waals surface area contributed by atoms with Crippen molar-refractivity contribution >= 4 is 23.2 Å². The highest BCUT2D eigenvalue weighted by Gasteiger charge is 2.57. The van der Waals surface area contributed by atoms with Crippen molar-refractivity contribution in [2.24, 2.45) is 5.92 Å². The number of nitrogens with zero attached hydrogens (tertiary/aromatic N) is 2. The highest BCUT2D eigenvalue weighted by Crippen LogP contribution is 2.49. The summed E-state index contributed by atoms with van der Waals surface area (Å²) in [6.07, 6.45) is 1.30. The fourth-order valence-electron chi connectivity index (χ4n) is 2.27. The summed E-state index contributed by atoms with van der Waals surface area (Å²) in [6, 6.07) is 11.5. The Labute approximate surface area is 131 Å². The molecule has 3 rings (SSSR count). The summed E-state index contributed by atoms with van der Waals surface area (Å²) in [5, 5.41) is 0.443. The zero-order valence-electron chi connectivity index (χ0n) is 11.5. The van der Waals surface area contributed by atoms with Gasteiger partial charge >= 0.3 is 0 Å². The first-order valence-electron chi connectivity index (χ1n) is 6.84. The molecule has 3 nitrogen and oxygen atoms in total. The summed E-state index contributed by atoms with van der Waals surface area (Å²) in [6.45, 7) is -0.0528. The Balaban J connectivity index is 1.91. The zero-order chi connectivity index (χ0) is 15.7. The third kappa shape index (κ3) is 3.09. The number of rotatable bonds is 4. The molecule has 1 heterocycles. The highest BCUT2D eigenvalue weighted by molar-refractivity contribution is 6.31. The molecule has 1 atom stereocenters. The Morgan fingerprint density at radius 2 is 2.09 bits per heavy atom. The second-order valence-electron chi connectivity index (χ2n) is 5.27. The zero-order valence-corrected chi connectivity index (χ0v) is 12.3. The van der Waals surface area contributed by atoms with Crippen LogP contribution in [0.4, 0.5) is 14.5 Å². The van der Waals surface area contributed by atoms with E-state index in [4.69, 9.17) is 11.6 Å². The minimum absolute atomic E-state index is 0.0528. The van der Waals surface area contributed by atoms with Gasteiger partial charge in [-0.15, -0.1) is 0 Å². The van der Waals surface area contributed by atoms with Gasteiger partial charge in [-0.05, 0) is 30.3 Å². The Hall–Kier alpha value is -2.01. The van der Waals surface area contributed by atoms with Crippen molar-refractivity contribution in [2.75, 3.05) is 11.4 Å². The smallest absolute Gasteiger partial charge is 0.276 e. The number of aromatic nitrogens is 1. The molecule has 1 unspecified atom stereocenters. The van der Waals surface area contributed by atoms with Crippen LogP contribution in [-0.4, -0.2) is 23.4 Å². The van der Waals surface area contributed by atoms with Crippen molar-refractivity contribution in [3.63, 3.8) is 0 Å². The highest BCUT2D eigenvalue weighted by atomic mass is 35.5. The van der Waals surface area contributed by atoms with E-state index in [1.54, 1.807) is 42.5 Å². The molecule has 0 N–H and O–H groups in total. The molecule has 0 spiro atoms. The molecular weight excluding hydrogens is 310 g/mol. The summed E-state index contributed by atoms with van der Waals surface area (Å²) < 4.78 is 26.5. The monoisotopic (exact) mass is 322 g/mol. The summed E-state index contributed by atoms with van der Waals surface area (Å²) in [5.41, 5.74) is 0.706. The first kappa shape index (κ1) is 14.9. The average molecular weight is 323 g/mol. The first-order valence-corrected chi connectivity index (χ1v) is 7.21. The van der Waals surface area contributed by atoms with E-state index >= 15 is 0 Å². The fourth-order valence-corrected chi connectivity index (χ4v) is 2.45. The van der Waals surface area contributed by atoms with E-state index in [1.165, 1.54) is 11.1 Å². The molecule has 0 bridgehead atoms. The Morgan fingerprint density at radius 3 is 2.68 bits per heavy atom. The lowest BCUT2D eigenvalue weighted by molar-refractivity contribution is 0.0932. The molecule has 1 aromatic carbocycles. The standard InChI is InChI=1S/C16H13ClF2N2O/c17-12-4-3-5-13(8-12)21(10-11-9-16(11,18)19)15(22)14-6-1-2-7-20-14/h1-8,11H,9-10H2. The van der Waals surface area contributed by atoms with Gasteiger partial charge in [-0.3, -0.25) is 9.78 Å². The van der Waals surface area contributed by atoms with E-state index in [0.717, 1.165) is 0 Å². The molecule has 1 aromatic heterocycles. The number of anilines is 1. The van der Waals surface area contributed by atoms with Crippen molar-refractivity contribution in [3.8, 4) is 0 Å². The van der Waals surface area contributed by atoms with Crippen LogP contribution in [0.15, 0.2) is 48.7 Å². The molecule has 1 amide bonds. The van der Waals surface area contributed by atoms with Gasteiger partial charge in [0.15, 0.2) is 0 Å². The van der Waals surface area contributed by atoms with Gasteiger partial charge in [0, 0.05) is 35.8 Å². The van der Waals surface area contributed by atoms with E-state index in [1.807, 2.05) is 0 Å². The maximum atomic E-state index is 13.2. The number of halogens is 3. The maximum Gasteiger partial charge on any atom is 0.276 e. The molecule has 22 heavy (non-hydrogen) atoms. The van der Waals surface area contributed by atoms with Gasteiger partial charge in [-0.2, -0.15) is 0 Å². The summed E-state index contributed by atoms with van der Waals surface area (Å²) in [7, 11) is 0. The van der Waals surface area contributed by atoms with E-state index < -0.39 is 17.7 Å². The molecule has 1 aliphatic carbocycles. The Morgan fingerprint density at radius 1 is 1.32 bits per heavy atom. The SMILES string of the molecule is O=C(c1ccccn1)N(CC1CC1(F)F)c1cccc(Cl)c1. The van der Waals surface area contributed by atoms with Crippen molar-refractivity contribution < 1.29 is 13.6 Å². The summed E-state index contributed by atoms with van der Waals surface area (Å²) >= 11 is 5.95. The van der Waals surface area contributed by atoms with Gasteiger partial charge in [0.1, 0.15) is 5.69 Å². The van der Waals surface area contributed by atoms with Crippen molar-refractivity contribution in [1.29, 1.82) is 0 Å². The summed E-state index contributed by atoms with van der Waals surface area (Å²) in [5.74, 6) is -3.92. The minimum Gasteiger partial charge on any atom is -0.306 e. The van der Waals surface area contributed by atoms with Gasteiger partial charge in [-0.1, -0.05) is 23.7 Å². The van der Waals surface area contributed by atoms with Gasteiger partial charge in [0.2, 0.25) is 0 Å². The van der Waals surface area contributed by atoms with Crippen LogP contribution >= 0.6 is 11.6 Å². The normalized spacial score (nSPS) is 18.8. The summed E-state index contributed by atoms with van der Waals surface area (Å²) in [4.78, 5) is 17.9. The largest absolute Gasteiger partial charge is 0.306 e. The second-order valence-corrected chi connectivity index (χ2v) is 5.71. The van der Waals surface area contributed by atoms with E-state index in [2.05, 4.69) is 4.98 Å². The van der Waals surface area contributed by atoms with Gasteiger partial charge in [0.25, 0.3) is 11.8 Å². The molecule has 114 valence electrons. The minimum atomic E-state index is -2.69. The van der Waals surface area contributed by atoms with Crippen LogP contribution in [0.5, 0.6) is 0 Å². The second kappa shape index (κ2) is 5.65. The molecule has 1 saturated carbocycles. The molecular formula is C16H13ClF2N2O. The van der Waals surface area contributed by atoms with Crippen molar-refractivity contribution in [1.82, 2.24) is 4.98 Å². The number of carbonyl (C=O) groups excluding carboxylic acids is 1. The topological polar surface area (TPSA) is 33.2 Å². The fraction of sp³-hybridized carbons (Fsp3) is 0.250. The van der Waals surface area contributed by atoms with Gasteiger partial charge in [-0.25, -0.2) is 8.78 Å². The number of pyridine rings is 1. The van der Waals surface area contributed by atoms with E-state index in [0.29, 0.717) is 10.7 Å². The van der Waals surface area contributed by atoms with Crippen LogP contribution in [0.3, 0.4) is 0 Å². The lowest BCUT2D eigenvalue weighted by Crippen LogP contribution is -2.34. The van der Waals surface area contributed by atoms with Gasteiger partial charge in [0.05, 0.1) is 0 Å². The Bertz CT molecular complexity index is 694. The predicted molar refractivity (Wildman–Crippen MR) is 80.4 cm³/mol. The van der Waals surface area contributed by atoms with Crippen molar-refractivity contribution in [3.05, 3.63) is 59.4 Å². The molecule has 1 fully saturated rings. The van der Waals surface area contributed by atoms with Crippen LogP contribution in [0.25, 0.3) is 0 Å². The molecule has 0 saturated heterocycles. The van der Waals surface area contributed by atoms with E-state index in [-0.39, 0.29) is 18.7 Å². The molecule has 2 aromatic rings. The molecule has 0 aliphatic heterocycles. The lowest BCUT2D eigenvalue weighted by Gasteiger charge is -2.22. The molecule has 0 radical (unpaired) electrons. The quantitative estimate of drug-likeness (QED) is 0.851. The average Bonchev–Trinajstić information content (AvgIpc) is 3.12. The van der Waals surface area contributed by atoms with Crippen LogP contribution in [0.1, 0.15) is 16.9 Å². The molecule has 1 aliphatic rings. The third-order valence-electron chi connectivity index (χ3n) is 3.61. The third-order valence-corrected chi connectivity index (χ3v) is 3.84. The van der Waals surface area contributed by atoms with Crippen LogP contribution in [0, 0.1) is 5.92 Å². The van der Waals surface area contributed by atoms with Crippen LogP contribution < -0.4 is 4.90 Å². The molecule has 6 heteroatoms. The van der Waals surface area contributed by atoms with Crippen LogP contribution in [-0.2, 0) is 0 Å². The van der Waals surface area contributed by atoms with Crippen molar-refractivity contribution in [2.45, 2.75) is 12.3 Å². The number of benzene rings is 1. The van der Waals surface area contributed by atoms with Gasteiger partial charge < -0.3 is 4.90 Å².